The van der Waals surface area contributed by atoms with E-state index in [4.69, 9.17) is 9.47 Å². The molecule has 0 aliphatic carbocycles. The van der Waals surface area contributed by atoms with Crippen molar-refractivity contribution in [1.82, 2.24) is 0 Å². The maximum absolute atomic E-state index is 5.69. The first-order valence-corrected chi connectivity index (χ1v) is 5.86. The van der Waals surface area contributed by atoms with E-state index in [9.17, 15) is 0 Å². The molecule has 0 aliphatic rings. The molecule has 2 unspecified atom stereocenters. The Bertz CT molecular complexity index is 231. The van der Waals surface area contributed by atoms with Crippen molar-refractivity contribution < 1.29 is 9.47 Å². The third kappa shape index (κ3) is 10.0. The van der Waals surface area contributed by atoms with Crippen molar-refractivity contribution in [2.24, 2.45) is 0 Å². The molecule has 0 heterocycles. The summed E-state index contributed by atoms with van der Waals surface area (Å²) >= 11 is 0. The molecule has 0 aromatic rings. The SMILES string of the molecule is CC(C#CC(C)OC(C)(C)C)OC(C)(C)C. The summed E-state index contributed by atoms with van der Waals surface area (Å²) in [7, 11) is 0. The molecule has 16 heavy (non-hydrogen) atoms. The van der Waals surface area contributed by atoms with Crippen LogP contribution in [0.25, 0.3) is 0 Å². The Morgan fingerprint density at radius 3 is 1.12 bits per heavy atom. The fourth-order valence-corrected chi connectivity index (χ4v) is 1.35. The van der Waals surface area contributed by atoms with Crippen molar-refractivity contribution in [3.05, 3.63) is 0 Å². The highest BCUT2D eigenvalue weighted by Gasteiger charge is 2.15. The van der Waals surface area contributed by atoms with Gasteiger partial charge in [0.05, 0.1) is 11.2 Å². The van der Waals surface area contributed by atoms with Crippen LogP contribution in [-0.4, -0.2) is 23.4 Å². The number of rotatable bonds is 2. The van der Waals surface area contributed by atoms with Gasteiger partial charge < -0.3 is 9.47 Å². The molecule has 0 saturated carbocycles. The molecule has 0 saturated heterocycles. The summed E-state index contributed by atoms with van der Waals surface area (Å²) in [6, 6.07) is 0. The number of hydrogen-bond acceptors (Lipinski definition) is 2. The Hall–Kier alpha value is -0.520. The van der Waals surface area contributed by atoms with Crippen LogP contribution >= 0.6 is 0 Å². The fraction of sp³-hybridized carbons (Fsp3) is 0.857. The molecule has 0 fully saturated rings. The largest absolute Gasteiger partial charge is 0.360 e. The molecule has 0 N–H and O–H groups in total. The Morgan fingerprint density at radius 2 is 0.938 bits per heavy atom. The average molecular weight is 226 g/mol. The van der Waals surface area contributed by atoms with E-state index in [0.717, 1.165) is 0 Å². The smallest absolute Gasteiger partial charge is 0.116 e. The van der Waals surface area contributed by atoms with Gasteiger partial charge in [-0.05, 0) is 55.4 Å². The average Bonchev–Trinajstić information content (AvgIpc) is 1.94. The van der Waals surface area contributed by atoms with Crippen molar-refractivity contribution in [2.45, 2.75) is 78.8 Å². The first-order chi connectivity index (χ1) is 6.99. The van der Waals surface area contributed by atoms with Gasteiger partial charge in [-0.3, -0.25) is 0 Å². The van der Waals surface area contributed by atoms with Crippen molar-refractivity contribution in [3.8, 4) is 11.8 Å². The normalized spacial score (nSPS) is 16.2. The summed E-state index contributed by atoms with van der Waals surface area (Å²) in [5, 5.41) is 0. The lowest BCUT2D eigenvalue weighted by atomic mass is 10.2. The highest BCUT2D eigenvalue weighted by atomic mass is 16.5. The molecule has 0 aliphatic heterocycles. The van der Waals surface area contributed by atoms with Crippen LogP contribution in [0, 0.1) is 11.8 Å². The topological polar surface area (TPSA) is 18.5 Å². The Labute approximate surface area is 101 Å². The van der Waals surface area contributed by atoms with Gasteiger partial charge in [0.15, 0.2) is 0 Å². The summed E-state index contributed by atoms with van der Waals surface area (Å²) in [4.78, 5) is 0. The standard InChI is InChI=1S/C14H26O2/c1-11(15-13(3,4)5)9-10-12(2)16-14(6,7)8/h11-12H,1-8H3. The number of hydrogen-bond donors (Lipinski definition) is 0. The Morgan fingerprint density at radius 1 is 0.688 bits per heavy atom. The molecule has 2 heteroatoms. The van der Waals surface area contributed by atoms with Gasteiger partial charge in [-0.1, -0.05) is 11.8 Å². The minimum Gasteiger partial charge on any atom is -0.360 e. The predicted molar refractivity (Wildman–Crippen MR) is 68.4 cm³/mol. The quantitative estimate of drug-likeness (QED) is 0.672. The minimum atomic E-state index is -0.151. The molecular weight excluding hydrogens is 200 g/mol. The van der Waals surface area contributed by atoms with Crippen molar-refractivity contribution in [1.29, 1.82) is 0 Å². The van der Waals surface area contributed by atoms with E-state index in [1.54, 1.807) is 0 Å². The Balaban J connectivity index is 4.18. The van der Waals surface area contributed by atoms with Crippen LogP contribution in [0.1, 0.15) is 55.4 Å². The van der Waals surface area contributed by atoms with Gasteiger partial charge in [0.1, 0.15) is 12.2 Å². The van der Waals surface area contributed by atoms with Gasteiger partial charge in [-0.25, -0.2) is 0 Å². The third-order valence-electron chi connectivity index (χ3n) is 1.55. The summed E-state index contributed by atoms with van der Waals surface area (Å²) in [5.41, 5.74) is -0.301. The molecule has 0 aromatic carbocycles. The number of ether oxygens (including phenoxy) is 2. The highest BCUT2D eigenvalue weighted by Crippen LogP contribution is 2.11. The fourth-order valence-electron chi connectivity index (χ4n) is 1.35. The zero-order chi connectivity index (χ0) is 13.0. The summed E-state index contributed by atoms with van der Waals surface area (Å²) < 4.78 is 11.4. The first kappa shape index (κ1) is 15.5. The van der Waals surface area contributed by atoms with Crippen LogP contribution < -0.4 is 0 Å². The van der Waals surface area contributed by atoms with E-state index in [1.807, 2.05) is 55.4 Å². The molecule has 0 bridgehead atoms. The molecule has 0 spiro atoms. The zero-order valence-electron chi connectivity index (χ0n) is 12.0. The second kappa shape index (κ2) is 5.70. The van der Waals surface area contributed by atoms with E-state index >= 15 is 0 Å². The van der Waals surface area contributed by atoms with E-state index in [1.165, 1.54) is 0 Å². The van der Waals surface area contributed by atoms with Crippen molar-refractivity contribution in [3.63, 3.8) is 0 Å². The predicted octanol–water partition coefficient (Wildman–Crippen LogP) is 3.40. The van der Waals surface area contributed by atoms with Crippen molar-refractivity contribution >= 4 is 0 Å². The van der Waals surface area contributed by atoms with E-state index in [-0.39, 0.29) is 23.4 Å². The summed E-state index contributed by atoms with van der Waals surface area (Å²) in [6.07, 6.45) is -0.128. The molecule has 0 amide bonds. The third-order valence-corrected chi connectivity index (χ3v) is 1.55. The van der Waals surface area contributed by atoms with E-state index < -0.39 is 0 Å². The minimum absolute atomic E-state index is 0.0639. The first-order valence-electron chi connectivity index (χ1n) is 5.86. The molecular formula is C14H26O2. The summed E-state index contributed by atoms with van der Waals surface area (Å²) in [6.45, 7) is 16.1. The molecule has 0 rings (SSSR count). The second-order valence-corrected chi connectivity index (χ2v) is 6.03. The van der Waals surface area contributed by atoms with Gasteiger partial charge >= 0.3 is 0 Å². The maximum atomic E-state index is 5.69. The molecule has 0 radical (unpaired) electrons. The van der Waals surface area contributed by atoms with Crippen LogP contribution in [0.3, 0.4) is 0 Å². The van der Waals surface area contributed by atoms with Crippen molar-refractivity contribution in [2.75, 3.05) is 0 Å². The van der Waals surface area contributed by atoms with Gasteiger partial charge in [-0.2, -0.15) is 0 Å². The lowest BCUT2D eigenvalue weighted by molar-refractivity contribution is -0.0308. The lowest BCUT2D eigenvalue weighted by Crippen LogP contribution is -2.26. The van der Waals surface area contributed by atoms with Crippen LogP contribution in [0.15, 0.2) is 0 Å². The van der Waals surface area contributed by atoms with Crippen LogP contribution in [0.5, 0.6) is 0 Å². The Kier molecular flexibility index (Phi) is 5.52. The zero-order valence-corrected chi connectivity index (χ0v) is 12.0. The highest BCUT2D eigenvalue weighted by molar-refractivity contribution is 5.08. The molecule has 94 valence electrons. The van der Waals surface area contributed by atoms with Gasteiger partial charge in [-0.15, -0.1) is 0 Å². The van der Waals surface area contributed by atoms with Gasteiger partial charge in [0, 0.05) is 0 Å². The van der Waals surface area contributed by atoms with Crippen LogP contribution in [0.2, 0.25) is 0 Å². The van der Waals surface area contributed by atoms with Crippen LogP contribution in [-0.2, 0) is 9.47 Å². The van der Waals surface area contributed by atoms with Crippen LogP contribution in [0.4, 0.5) is 0 Å². The summed E-state index contributed by atoms with van der Waals surface area (Å²) in [5.74, 6) is 6.13. The monoisotopic (exact) mass is 226 g/mol. The van der Waals surface area contributed by atoms with Gasteiger partial charge in [0.2, 0.25) is 0 Å². The van der Waals surface area contributed by atoms with E-state index in [2.05, 4.69) is 11.8 Å². The molecule has 2 atom stereocenters. The van der Waals surface area contributed by atoms with Gasteiger partial charge in [0.25, 0.3) is 0 Å². The maximum Gasteiger partial charge on any atom is 0.116 e. The van der Waals surface area contributed by atoms with E-state index in [0.29, 0.717) is 0 Å². The second-order valence-electron chi connectivity index (χ2n) is 6.03. The molecule has 0 aromatic heterocycles. The lowest BCUT2D eigenvalue weighted by Gasteiger charge is -2.23. The molecule has 2 nitrogen and oxygen atoms in total.